The van der Waals surface area contributed by atoms with Crippen molar-refractivity contribution >= 4 is 39.4 Å². The van der Waals surface area contributed by atoms with Crippen molar-refractivity contribution < 1.29 is 19.5 Å². The summed E-state index contributed by atoms with van der Waals surface area (Å²) in [5.41, 5.74) is 0.396. The fraction of sp³-hybridized carbons (Fsp3) is 0.250. The van der Waals surface area contributed by atoms with Crippen LogP contribution >= 0.6 is 15.9 Å². The van der Waals surface area contributed by atoms with E-state index in [-0.39, 0.29) is 11.5 Å². The summed E-state index contributed by atoms with van der Waals surface area (Å²) in [5, 5.41) is 13.9. The van der Waals surface area contributed by atoms with Gasteiger partial charge in [-0.25, -0.2) is 4.79 Å². The monoisotopic (exact) mass is 328 g/mol. The zero-order chi connectivity index (χ0) is 14.6. The minimum atomic E-state index is -1.09. The van der Waals surface area contributed by atoms with Gasteiger partial charge in [0.15, 0.2) is 0 Å². The third-order valence-corrected chi connectivity index (χ3v) is 2.98. The highest BCUT2D eigenvalue weighted by atomic mass is 79.9. The van der Waals surface area contributed by atoms with E-state index in [9.17, 15) is 14.4 Å². The third kappa shape index (κ3) is 4.36. The molecule has 6 nitrogen and oxygen atoms in total. The maximum atomic E-state index is 11.8. The second kappa shape index (κ2) is 6.33. The highest BCUT2D eigenvalue weighted by Crippen LogP contribution is 2.23. The second-order valence-electron chi connectivity index (χ2n) is 3.91. The number of amides is 2. The lowest BCUT2D eigenvalue weighted by Gasteiger charge is -2.14. The van der Waals surface area contributed by atoms with Crippen molar-refractivity contribution in [2.45, 2.75) is 19.9 Å². The molecule has 102 valence electrons. The molecule has 0 spiro atoms. The lowest BCUT2D eigenvalue weighted by molar-refractivity contribution is -0.124. The van der Waals surface area contributed by atoms with Crippen LogP contribution in [0.3, 0.4) is 0 Å². The number of hydrogen-bond donors (Lipinski definition) is 3. The summed E-state index contributed by atoms with van der Waals surface area (Å²) in [7, 11) is 0. The minimum Gasteiger partial charge on any atom is -0.478 e. The molecule has 1 rings (SSSR count). The Hall–Kier alpha value is -1.89. The number of carboxylic acid groups (broad SMARTS) is 1. The van der Waals surface area contributed by atoms with E-state index < -0.39 is 17.9 Å². The molecular weight excluding hydrogens is 316 g/mol. The van der Waals surface area contributed by atoms with Crippen molar-refractivity contribution in [3.8, 4) is 0 Å². The predicted octanol–water partition coefficient (Wildman–Crippen LogP) is 1.61. The molecule has 7 heteroatoms. The first-order chi connectivity index (χ1) is 8.81. The molecule has 0 saturated carbocycles. The Morgan fingerprint density at radius 2 is 1.95 bits per heavy atom. The first-order valence-electron chi connectivity index (χ1n) is 5.42. The van der Waals surface area contributed by atoms with Gasteiger partial charge in [0.05, 0.1) is 11.3 Å². The SMILES string of the molecule is CC(=O)NC(C)C(=O)Nc1cc(C(=O)O)ccc1Br. The minimum absolute atomic E-state index is 0.0608. The Balaban J connectivity index is 2.86. The van der Waals surface area contributed by atoms with Crippen LogP contribution in [0.2, 0.25) is 0 Å². The van der Waals surface area contributed by atoms with Crippen LogP contribution in [0.5, 0.6) is 0 Å². The van der Waals surface area contributed by atoms with Crippen LogP contribution < -0.4 is 10.6 Å². The second-order valence-corrected chi connectivity index (χ2v) is 4.77. The molecular formula is C12H13BrN2O4. The lowest BCUT2D eigenvalue weighted by Crippen LogP contribution is -2.40. The number of carbonyl (C=O) groups excluding carboxylic acids is 2. The number of carboxylic acids is 1. The number of nitrogens with one attached hydrogen (secondary N) is 2. The van der Waals surface area contributed by atoms with Gasteiger partial charge >= 0.3 is 5.97 Å². The molecule has 3 N–H and O–H groups in total. The summed E-state index contributed by atoms with van der Waals surface area (Å²) in [6.45, 7) is 2.84. The number of benzene rings is 1. The van der Waals surface area contributed by atoms with Gasteiger partial charge in [-0.3, -0.25) is 9.59 Å². The summed E-state index contributed by atoms with van der Waals surface area (Å²) in [6, 6.07) is 3.57. The zero-order valence-electron chi connectivity index (χ0n) is 10.4. The van der Waals surface area contributed by atoms with Crippen molar-refractivity contribution in [1.29, 1.82) is 0 Å². The Morgan fingerprint density at radius 1 is 1.32 bits per heavy atom. The Morgan fingerprint density at radius 3 is 2.47 bits per heavy atom. The fourth-order valence-corrected chi connectivity index (χ4v) is 1.71. The fourth-order valence-electron chi connectivity index (χ4n) is 1.37. The average Bonchev–Trinajstić information content (AvgIpc) is 2.30. The molecule has 0 fully saturated rings. The van der Waals surface area contributed by atoms with Gasteiger partial charge in [0.2, 0.25) is 11.8 Å². The van der Waals surface area contributed by atoms with E-state index in [0.717, 1.165) is 0 Å². The van der Waals surface area contributed by atoms with Crippen LogP contribution in [0, 0.1) is 0 Å². The average molecular weight is 329 g/mol. The van der Waals surface area contributed by atoms with Crippen molar-refractivity contribution in [1.82, 2.24) is 5.32 Å². The summed E-state index contributed by atoms with van der Waals surface area (Å²) in [6.07, 6.45) is 0. The molecule has 0 saturated heterocycles. The van der Waals surface area contributed by atoms with Crippen LogP contribution in [0.1, 0.15) is 24.2 Å². The first-order valence-corrected chi connectivity index (χ1v) is 6.21. The molecule has 1 aromatic carbocycles. The van der Waals surface area contributed by atoms with Crippen LogP contribution in [-0.2, 0) is 9.59 Å². The van der Waals surface area contributed by atoms with Gasteiger partial charge in [0.1, 0.15) is 6.04 Å². The van der Waals surface area contributed by atoms with Gasteiger partial charge in [0, 0.05) is 11.4 Å². The molecule has 0 bridgehead atoms. The summed E-state index contributed by atoms with van der Waals surface area (Å²) in [5.74, 6) is -1.84. The summed E-state index contributed by atoms with van der Waals surface area (Å²) < 4.78 is 0.556. The standard InChI is InChI=1S/C12H13BrN2O4/c1-6(14-7(2)16)11(17)15-10-5-8(12(18)19)3-4-9(10)13/h3-6H,1-2H3,(H,14,16)(H,15,17)(H,18,19). The van der Waals surface area contributed by atoms with E-state index >= 15 is 0 Å². The van der Waals surface area contributed by atoms with Crippen molar-refractivity contribution in [3.05, 3.63) is 28.2 Å². The van der Waals surface area contributed by atoms with E-state index in [2.05, 4.69) is 26.6 Å². The molecule has 1 atom stereocenters. The van der Waals surface area contributed by atoms with Gasteiger partial charge in [-0.05, 0) is 41.1 Å². The van der Waals surface area contributed by atoms with Crippen molar-refractivity contribution in [2.75, 3.05) is 5.32 Å². The van der Waals surface area contributed by atoms with Gasteiger partial charge in [-0.1, -0.05) is 0 Å². The van der Waals surface area contributed by atoms with E-state index in [4.69, 9.17) is 5.11 Å². The molecule has 0 heterocycles. The topological polar surface area (TPSA) is 95.5 Å². The summed E-state index contributed by atoms with van der Waals surface area (Å²) in [4.78, 5) is 33.5. The van der Waals surface area contributed by atoms with E-state index in [0.29, 0.717) is 10.2 Å². The number of carbonyl (C=O) groups is 3. The van der Waals surface area contributed by atoms with Crippen molar-refractivity contribution in [2.24, 2.45) is 0 Å². The molecule has 2 amide bonds. The zero-order valence-corrected chi connectivity index (χ0v) is 11.9. The normalized spacial score (nSPS) is 11.5. The van der Waals surface area contributed by atoms with E-state index in [1.54, 1.807) is 0 Å². The molecule has 19 heavy (non-hydrogen) atoms. The molecule has 0 radical (unpaired) electrons. The number of anilines is 1. The maximum absolute atomic E-state index is 11.8. The molecule has 0 aliphatic heterocycles. The van der Waals surface area contributed by atoms with Gasteiger partial charge in [-0.2, -0.15) is 0 Å². The molecule has 1 unspecified atom stereocenters. The van der Waals surface area contributed by atoms with Gasteiger partial charge in [0.25, 0.3) is 0 Å². The van der Waals surface area contributed by atoms with Crippen LogP contribution in [0.15, 0.2) is 22.7 Å². The number of rotatable bonds is 4. The summed E-state index contributed by atoms with van der Waals surface area (Å²) >= 11 is 3.21. The predicted molar refractivity (Wildman–Crippen MR) is 73.0 cm³/mol. The highest BCUT2D eigenvalue weighted by molar-refractivity contribution is 9.10. The van der Waals surface area contributed by atoms with Crippen LogP contribution in [-0.4, -0.2) is 28.9 Å². The number of halogens is 1. The van der Waals surface area contributed by atoms with Crippen LogP contribution in [0.25, 0.3) is 0 Å². The largest absolute Gasteiger partial charge is 0.478 e. The van der Waals surface area contributed by atoms with Gasteiger partial charge in [-0.15, -0.1) is 0 Å². The molecule has 0 aromatic heterocycles. The Labute approximate surface area is 118 Å². The smallest absolute Gasteiger partial charge is 0.335 e. The van der Waals surface area contributed by atoms with E-state index in [1.165, 1.54) is 32.0 Å². The first kappa shape index (κ1) is 15.2. The molecule has 0 aliphatic carbocycles. The lowest BCUT2D eigenvalue weighted by atomic mass is 10.2. The molecule has 1 aromatic rings. The van der Waals surface area contributed by atoms with E-state index in [1.807, 2.05) is 0 Å². The van der Waals surface area contributed by atoms with Gasteiger partial charge < -0.3 is 15.7 Å². The number of hydrogen-bond acceptors (Lipinski definition) is 3. The van der Waals surface area contributed by atoms with Crippen LogP contribution in [0.4, 0.5) is 5.69 Å². The third-order valence-electron chi connectivity index (χ3n) is 2.28. The molecule has 0 aliphatic rings. The number of aromatic carboxylic acids is 1. The van der Waals surface area contributed by atoms with Crippen molar-refractivity contribution in [3.63, 3.8) is 0 Å². The highest BCUT2D eigenvalue weighted by Gasteiger charge is 2.16. The maximum Gasteiger partial charge on any atom is 0.335 e. The Kier molecular flexibility index (Phi) is 5.05. The quantitative estimate of drug-likeness (QED) is 0.782. The Bertz CT molecular complexity index is 530.